The lowest BCUT2D eigenvalue weighted by molar-refractivity contribution is -0.113. The van der Waals surface area contributed by atoms with Crippen molar-refractivity contribution in [3.63, 3.8) is 0 Å². The number of carbonyl (C=O) groups is 1. The molecule has 0 saturated heterocycles. The van der Waals surface area contributed by atoms with Gasteiger partial charge in [0.05, 0.1) is 23.6 Å². The highest BCUT2D eigenvalue weighted by atomic mass is 35.5. The number of aromatic nitrogens is 3. The number of halogens is 2. The van der Waals surface area contributed by atoms with E-state index in [2.05, 4.69) is 29.4 Å². The zero-order valence-corrected chi connectivity index (χ0v) is 20.4. The summed E-state index contributed by atoms with van der Waals surface area (Å²) < 4.78 is 26.5. The molecule has 1 unspecified atom stereocenters. The van der Waals surface area contributed by atoms with Crippen molar-refractivity contribution in [3.05, 3.63) is 59.1 Å². The normalized spacial score (nSPS) is 12.0. The van der Waals surface area contributed by atoms with E-state index < -0.39 is 5.82 Å². The second-order valence-corrected chi connectivity index (χ2v) is 9.10. The van der Waals surface area contributed by atoms with E-state index in [1.807, 2.05) is 29.7 Å². The summed E-state index contributed by atoms with van der Waals surface area (Å²) in [5, 5.41) is 12.1. The minimum Gasteiger partial charge on any atom is -0.497 e. The maximum Gasteiger partial charge on any atom is 0.234 e. The van der Waals surface area contributed by atoms with E-state index >= 15 is 0 Å². The molecule has 33 heavy (non-hydrogen) atoms. The van der Waals surface area contributed by atoms with Gasteiger partial charge in [-0.2, -0.15) is 0 Å². The van der Waals surface area contributed by atoms with Crippen LogP contribution in [0, 0.1) is 11.7 Å². The molecule has 10 heteroatoms. The predicted molar refractivity (Wildman–Crippen MR) is 128 cm³/mol. The molecule has 0 aliphatic rings. The van der Waals surface area contributed by atoms with Gasteiger partial charge in [0.15, 0.2) is 17.1 Å². The molecule has 0 aliphatic heterocycles. The van der Waals surface area contributed by atoms with Crippen LogP contribution in [0.4, 0.5) is 10.1 Å². The van der Waals surface area contributed by atoms with Gasteiger partial charge in [0.25, 0.3) is 0 Å². The van der Waals surface area contributed by atoms with E-state index in [0.29, 0.717) is 40.6 Å². The Bertz CT molecular complexity index is 1110. The van der Waals surface area contributed by atoms with Crippen LogP contribution in [0.15, 0.2) is 47.6 Å². The standard InChI is InChI=1S/C23H26ClFN4O3S/c1-14(2)12-29-22(15(3)32-18-7-5-6-17(11-18)31-4)27-28-23(29)33-13-21(30)26-20-9-8-16(25)10-19(20)24/h5-11,14-15H,12-13H2,1-4H3,(H,26,30). The van der Waals surface area contributed by atoms with Gasteiger partial charge in [-0.05, 0) is 43.2 Å². The Morgan fingerprint density at radius 2 is 1.94 bits per heavy atom. The molecule has 2 aromatic carbocycles. The summed E-state index contributed by atoms with van der Waals surface area (Å²) in [6.07, 6.45) is -0.371. The number of thioether (sulfide) groups is 1. The Kier molecular flexibility index (Phi) is 8.57. The van der Waals surface area contributed by atoms with E-state index in [1.165, 1.54) is 23.9 Å². The number of benzene rings is 2. The smallest absolute Gasteiger partial charge is 0.234 e. The minimum atomic E-state index is -0.466. The van der Waals surface area contributed by atoms with Crippen LogP contribution in [0.3, 0.4) is 0 Å². The number of anilines is 1. The molecule has 0 spiro atoms. The van der Waals surface area contributed by atoms with Gasteiger partial charge in [-0.1, -0.05) is 43.3 Å². The fraction of sp³-hybridized carbons (Fsp3) is 0.348. The fourth-order valence-corrected chi connectivity index (χ4v) is 4.05. The number of nitrogens with zero attached hydrogens (tertiary/aromatic N) is 3. The molecule has 1 aromatic heterocycles. The molecule has 3 rings (SSSR count). The van der Waals surface area contributed by atoms with E-state index in [0.717, 1.165) is 6.07 Å². The zero-order chi connectivity index (χ0) is 24.0. The molecule has 0 aliphatic carbocycles. The molecule has 1 N–H and O–H groups in total. The van der Waals surface area contributed by atoms with Gasteiger partial charge in [-0.15, -0.1) is 10.2 Å². The summed E-state index contributed by atoms with van der Waals surface area (Å²) in [7, 11) is 1.60. The molecular weight excluding hydrogens is 467 g/mol. The van der Waals surface area contributed by atoms with E-state index in [-0.39, 0.29) is 22.8 Å². The predicted octanol–water partition coefficient (Wildman–Crippen LogP) is 5.61. The molecule has 1 heterocycles. The molecule has 176 valence electrons. The first kappa shape index (κ1) is 24.9. The number of nitrogens with one attached hydrogen (secondary N) is 1. The van der Waals surface area contributed by atoms with Crippen molar-refractivity contribution in [3.8, 4) is 11.5 Å². The average molecular weight is 493 g/mol. The Balaban J connectivity index is 1.71. The van der Waals surface area contributed by atoms with Gasteiger partial charge in [-0.3, -0.25) is 4.79 Å². The third kappa shape index (κ3) is 6.85. The maximum atomic E-state index is 13.2. The van der Waals surface area contributed by atoms with Crippen molar-refractivity contribution in [2.45, 2.75) is 38.6 Å². The SMILES string of the molecule is COc1cccc(OC(C)c2nnc(SCC(=O)Nc3ccc(F)cc3Cl)n2CC(C)C)c1. The van der Waals surface area contributed by atoms with Crippen LogP contribution >= 0.6 is 23.4 Å². The highest BCUT2D eigenvalue weighted by molar-refractivity contribution is 7.99. The monoisotopic (exact) mass is 492 g/mol. The summed E-state index contributed by atoms with van der Waals surface area (Å²) in [6.45, 7) is 6.75. The fourth-order valence-electron chi connectivity index (χ4n) is 3.08. The van der Waals surface area contributed by atoms with Crippen molar-refractivity contribution in [2.24, 2.45) is 5.92 Å². The van der Waals surface area contributed by atoms with E-state index in [4.69, 9.17) is 21.1 Å². The molecule has 1 amide bonds. The summed E-state index contributed by atoms with van der Waals surface area (Å²) in [6, 6.07) is 11.2. The highest BCUT2D eigenvalue weighted by Gasteiger charge is 2.21. The van der Waals surface area contributed by atoms with Crippen molar-refractivity contribution < 1.29 is 18.7 Å². The quantitative estimate of drug-likeness (QED) is 0.371. The zero-order valence-electron chi connectivity index (χ0n) is 18.8. The summed E-state index contributed by atoms with van der Waals surface area (Å²) in [4.78, 5) is 12.4. The van der Waals surface area contributed by atoms with Crippen molar-refractivity contribution >= 4 is 35.0 Å². The van der Waals surface area contributed by atoms with Crippen LogP contribution < -0.4 is 14.8 Å². The van der Waals surface area contributed by atoms with E-state index in [9.17, 15) is 9.18 Å². The second-order valence-electron chi connectivity index (χ2n) is 7.75. The third-order valence-electron chi connectivity index (χ3n) is 4.55. The first-order valence-corrected chi connectivity index (χ1v) is 11.7. The Morgan fingerprint density at radius 3 is 2.64 bits per heavy atom. The van der Waals surface area contributed by atoms with Crippen LogP contribution in [-0.4, -0.2) is 33.5 Å². The largest absolute Gasteiger partial charge is 0.497 e. The molecule has 0 fully saturated rings. The lowest BCUT2D eigenvalue weighted by Gasteiger charge is -2.18. The summed E-state index contributed by atoms with van der Waals surface area (Å²) in [5.41, 5.74) is 0.355. The van der Waals surface area contributed by atoms with Gasteiger partial charge in [0.2, 0.25) is 5.91 Å². The Labute approximate surface area is 201 Å². The van der Waals surface area contributed by atoms with Gasteiger partial charge in [-0.25, -0.2) is 4.39 Å². The molecule has 1 atom stereocenters. The van der Waals surface area contributed by atoms with Gasteiger partial charge in [0, 0.05) is 12.6 Å². The molecule has 0 radical (unpaired) electrons. The Hall–Kier alpha value is -2.78. The second kappa shape index (κ2) is 11.4. The van der Waals surface area contributed by atoms with Crippen LogP contribution in [0.5, 0.6) is 11.5 Å². The molecule has 7 nitrogen and oxygen atoms in total. The summed E-state index contributed by atoms with van der Waals surface area (Å²) >= 11 is 7.25. The number of amides is 1. The van der Waals surface area contributed by atoms with E-state index in [1.54, 1.807) is 13.2 Å². The lowest BCUT2D eigenvalue weighted by atomic mass is 10.2. The number of ether oxygens (including phenoxy) is 2. The minimum absolute atomic E-state index is 0.0923. The van der Waals surface area contributed by atoms with Crippen LogP contribution in [0.1, 0.15) is 32.7 Å². The van der Waals surface area contributed by atoms with Crippen molar-refractivity contribution in [1.82, 2.24) is 14.8 Å². The number of carbonyl (C=O) groups excluding carboxylic acids is 1. The van der Waals surface area contributed by atoms with Crippen LogP contribution in [-0.2, 0) is 11.3 Å². The molecule has 3 aromatic rings. The van der Waals surface area contributed by atoms with Crippen LogP contribution in [0.25, 0.3) is 0 Å². The first-order chi connectivity index (χ1) is 15.8. The van der Waals surface area contributed by atoms with Gasteiger partial charge >= 0.3 is 0 Å². The van der Waals surface area contributed by atoms with Gasteiger partial charge < -0.3 is 19.4 Å². The van der Waals surface area contributed by atoms with Gasteiger partial charge in [0.1, 0.15) is 17.3 Å². The molecule has 0 saturated carbocycles. The molecule has 0 bridgehead atoms. The average Bonchev–Trinajstić information content (AvgIpc) is 3.16. The Morgan fingerprint density at radius 1 is 1.18 bits per heavy atom. The van der Waals surface area contributed by atoms with Crippen molar-refractivity contribution in [1.29, 1.82) is 0 Å². The lowest BCUT2D eigenvalue weighted by Crippen LogP contribution is -2.17. The summed E-state index contributed by atoms with van der Waals surface area (Å²) in [5.74, 6) is 1.69. The topological polar surface area (TPSA) is 78.3 Å². The maximum absolute atomic E-state index is 13.2. The third-order valence-corrected chi connectivity index (χ3v) is 5.83. The molecular formula is C23H26ClFN4O3S. The highest BCUT2D eigenvalue weighted by Crippen LogP contribution is 2.28. The number of hydrogen-bond acceptors (Lipinski definition) is 6. The number of methoxy groups -OCH3 is 1. The van der Waals surface area contributed by atoms with Crippen molar-refractivity contribution in [2.75, 3.05) is 18.2 Å². The first-order valence-electron chi connectivity index (χ1n) is 10.4. The number of hydrogen-bond donors (Lipinski definition) is 1. The van der Waals surface area contributed by atoms with Crippen LogP contribution in [0.2, 0.25) is 5.02 Å². The number of rotatable bonds is 10.